The standard InChI is InChI=1S/C13H23ClN4O.HI/c1-10(14)9-17-13(16-3)18-6-4-11(5-7-18)8-12(19)15-2;/h11H,1,4-9H2,2-3H3,(H,15,19)(H,16,17);1H. The summed E-state index contributed by atoms with van der Waals surface area (Å²) >= 11 is 5.74. The van der Waals surface area contributed by atoms with Crippen LogP contribution in [0.15, 0.2) is 16.6 Å². The third-order valence-corrected chi connectivity index (χ3v) is 3.45. The van der Waals surface area contributed by atoms with Crippen LogP contribution >= 0.6 is 35.6 Å². The van der Waals surface area contributed by atoms with Crippen molar-refractivity contribution >= 4 is 47.4 Å². The molecule has 0 atom stereocenters. The maximum absolute atomic E-state index is 11.3. The lowest BCUT2D eigenvalue weighted by atomic mass is 9.93. The third kappa shape index (κ3) is 6.78. The fraction of sp³-hybridized carbons (Fsp3) is 0.692. The third-order valence-electron chi connectivity index (χ3n) is 3.32. The van der Waals surface area contributed by atoms with Crippen molar-refractivity contribution in [1.82, 2.24) is 15.5 Å². The van der Waals surface area contributed by atoms with Crippen LogP contribution in [0.4, 0.5) is 0 Å². The second-order valence-electron chi connectivity index (χ2n) is 4.73. The number of nitrogens with one attached hydrogen (secondary N) is 2. The Balaban J connectivity index is 0.00000361. The minimum Gasteiger partial charge on any atom is -0.359 e. The molecule has 0 aromatic heterocycles. The van der Waals surface area contributed by atoms with E-state index in [1.807, 2.05) is 0 Å². The highest BCUT2D eigenvalue weighted by Gasteiger charge is 2.22. The van der Waals surface area contributed by atoms with Gasteiger partial charge in [-0.3, -0.25) is 9.79 Å². The predicted molar refractivity (Wildman–Crippen MR) is 94.8 cm³/mol. The summed E-state index contributed by atoms with van der Waals surface area (Å²) < 4.78 is 0. The van der Waals surface area contributed by atoms with Crippen LogP contribution in [-0.2, 0) is 4.79 Å². The predicted octanol–water partition coefficient (Wildman–Crippen LogP) is 1.78. The Morgan fingerprint density at radius 1 is 1.45 bits per heavy atom. The first-order valence-corrected chi connectivity index (χ1v) is 6.94. The minimum absolute atomic E-state index is 0. The van der Waals surface area contributed by atoms with Gasteiger partial charge in [0.2, 0.25) is 5.91 Å². The van der Waals surface area contributed by atoms with Crippen LogP contribution in [-0.4, -0.2) is 50.5 Å². The molecule has 1 heterocycles. The van der Waals surface area contributed by atoms with Crippen molar-refractivity contribution in [3.8, 4) is 0 Å². The molecule has 0 bridgehead atoms. The number of aliphatic imine (C=N–C) groups is 1. The van der Waals surface area contributed by atoms with Gasteiger partial charge < -0.3 is 15.5 Å². The lowest BCUT2D eigenvalue weighted by Crippen LogP contribution is -2.46. The molecule has 2 N–H and O–H groups in total. The van der Waals surface area contributed by atoms with Gasteiger partial charge in [0.15, 0.2) is 5.96 Å². The first-order chi connectivity index (χ1) is 9.06. The number of guanidine groups is 1. The van der Waals surface area contributed by atoms with Gasteiger partial charge >= 0.3 is 0 Å². The summed E-state index contributed by atoms with van der Waals surface area (Å²) in [6, 6.07) is 0. The fourth-order valence-electron chi connectivity index (χ4n) is 2.22. The van der Waals surface area contributed by atoms with Gasteiger partial charge in [-0.15, -0.1) is 24.0 Å². The van der Waals surface area contributed by atoms with Gasteiger partial charge in [0.1, 0.15) is 0 Å². The van der Waals surface area contributed by atoms with Gasteiger partial charge in [0.25, 0.3) is 0 Å². The van der Waals surface area contributed by atoms with Gasteiger partial charge in [0, 0.05) is 38.6 Å². The zero-order valence-corrected chi connectivity index (χ0v) is 15.2. The van der Waals surface area contributed by atoms with E-state index in [1.54, 1.807) is 14.1 Å². The van der Waals surface area contributed by atoms with Crippen molar-refractivity contribution < 1.29 is 4.79 Å². The van der Waals surface area contributed by atoms with Crippen LogP contribution < -0.4 is 10.6 Å². The number of carbonyl (C=O) groups is 1. The highest BCUT2D eigenvalue weighted by Crippen LogP contribution is 2.20. The number of likely N-dealkylation sites (tertiary alicyclic amines) is 1. The van der Waals surface area contributed by atoms with Gasteiger partial charge in [-0.25, -0.2) is 0 Å². The molecule has 1 fully saturated rings. The fourth-order valence-corrected chi connectivity index (χ4v) is 2.29. The van der Waals surface area contributed by atoms with Crippen LogP contribution in [0.3, 0.4) is 0 Å². The molecule has 0 unspecified atom stereocenters. The number of hydrogen-bond donors (Lipinski definition) is 2. The average Bonchev–Trinajstić information content (AvgIpc) is 2.40. The Morgan fingerprint density at radius 2 is 2.05 bits per heavy atom. The van der Waals surface area contributed by atoms with Crippen molar-refractivity contribution in [2.45, 2.75) is 19.3 Å². The largest absolute Gasteiger partial charge is 0.359 e. The van der Waals surface area contributed by atoms with Gasteiger partial charge in [-0.05, 0) is 18.8 Å². The van der Waals surface area contributed by atoms with Gasteiger partial charge in [0.05, 0.1) is 6.54 Å². The summed E-state index contributed by atoms with van der Waals surface area (Å²) in [4.78, 5) is 17.8. The molecule has 1 rings (SSSR count). The van der Waals surface area contributed by atoms with Crippen LogP contribution in [0.5, 0.6) is 0 Å². The zero-order valence-electron chi connectivity index (χ0n) is 12.1. The molecule has 0 aromatic carbocycles. The van der Waals surface area contributed by atoms with Crippen molar-refractivity contribution in [2.75, 3.05) is 33.7 Å². The summed E-state index contributed by atoms with van der Waals surface area (Å²) in [6.45, 7) is 5.99. The van der Waals surface area contributed by atoms with E-state index in [1.165, 1.54) is 0 Å². The molecule has 1 amide bonds. The lowest BCUT2D eigenvalue weighted by molar-refractivity contribution is -0.121. The molecule has 0 spiro atoms. The molecule has 5 nitrogen and oxygen atoms in total. The number of nitrogens with zero attached hydrogens (tertiary/aromatic N) is 2. The average molecular weight is 415 g/mol. The van der Waals surface area contributed by atoms with Crippen molar-refractivity contribution in [3.05, 3.63) is 11.6 Å². The summed E-state index contributed by atoms with van der Waals surface area (Å²) in [7, 11) is 3.44. The monoisotopic (exact) mass is 414 g/mol. The Bertz CT molecular complexity index is 354. The number of halogens is 2. The van der Waals surface area contributed by atoms with Crippen LogP contribution in [0.2, 0.25) is 0 Å². The molecule has 116 valence electrons. The van der Waals surface area contributed by atoms with Crippen LogP contribution in [0.25, 0.3) is 0 Å². The number of rotatable bonds is 4. The number of hydrogen-bond acceptors (Lipinski definition) is 2. The number of amides is 1. The van der Waals surface area contributed by atoms with E-state index in [0.717, 1.165) is 31.9 Å². The van der Waals surface area contributed by atoms with Crippen molar-refractivity contribution in [2.24, 2.45) is 10.9 Å². The van der Waals surface area contributed by atoms with E-state index >= 15 is 0 Å². The van der Waals surface area contributed by atoms with E-state index in [-0.39, 0.29) is 29.9 Å². The molecule has 0 aliphatic carbocycles. The molecule has 7 heteroatoms. The number of piperidine rings is 1. The molecule has 0 radical (unpaired) electrons. The van der Waals surface area contributed by atoms with E-state index in [4.69, 9.17) is 11.6 Å². The highest BCUT2D eigenvalue weighted by molar-refractivity contribution is 14.0. The Hall–Kier alpha value is -0.500. The second kappa shape index (κ2) is 10.3. The summed E-state index contributed by atoms with van der Waals surface area (Å²) in [5.41, 5.74) is 0. The highest BCUT2D eigenvalue weighted by atomic mass is 127. The van der Waals surface area contributed by atoms with E-state index in [2.05, 4.69) is 27.1 Å². The number of carbonyl (C=O) groups excluding carboxylic acids is 1. The smallest absolute Gasteiger partial charge is 0.220 e. The van der Waals surface area contributed by atoms with Gasteiger partial charge in [-0.2, -0.15) is 0 Å². The molecular weight excluding hydrogens is 391 g/mol. The molecule has 1 saturated heterocycles. The molecule has 1 aliphatic heterocycles. The maximum atomic E-state index is 11.3. The van der Waals surface area contributed by atoms with Crippen LogP contribution in [0, 0.1) is 5.92 Å². The zero-order chi connectivity index (χ0) is 14.3. The SMILES string of the molecule is C=C(Cl)CNC(=NC)N1CCC(CC(=O)NC)CC1.I. The second-order valence-corrected chi connectivity index (χ2v) is 5.26. The van der Waals surface area contributed by atoms with E-state index in [9.17, 15) is 4.79 Å². The van der Waals surface area contributed by atoms with Crippen LogP contribution in [0.1, 0.15) is 19.3 Å². The molecule has 0 aromatic rings. The molecule has 0 saturated carbocycles. The molecular formula is C13H24ClIN4O. The van der Waals surface area contributed by atoms with E-state index in [0.29, 0.717) is 23.9 Å². The Labute approximate surface area is 143 Å². The molecule has 20 heavy (non-hydrogen) atoms. The first-order valence-electron chi connectivity index (χ1n) is 6.56. The first kappa shape index (κ1) is 19.5. The normalized spacial score (nSPS) is 16.4. The topological polar surface area (TPSA) is 56.7 Å². The summed E-state index contributed by atoms with van der Waals surface area (Å²) in [5, 5.41) is 6.41. The Morgan fingerprint density at radius 3 is 2.50 bits per heavy atom. The van der Waals surface area contributed by atoms with Gasteiger partial charge in [-0.1, -0.05) is 18.2 Å². The lowest BCUT2D eigenvalue weighted by Gasteiger charge is -2.34. The van der Waals surface area contributed by atoms with Crippen molar-refractivity contribution in [1.29, 1.82) is 0 Å². The Kier molecular flexibility index (Phi) is 10.0. The maximum Gasteiger partial charge on any atom is 0.220 e. The minimum atomic E-state index is 0. The quantitative estimate of drug-likeness (QED) is 0.419. The molecule has 1 aliphatic rings. The summed E-state index contributed by atoms with van der Waals surface area (Å²) in [6.07, 6.45) is 2.64. The van der Waals surface area contributed by atoms with E-state index < -0.39 is 0 Å². The van der Waals surface area contributed by atoms with Crippen molar-refractivity contribution in [3.63, 3.8) is 0 Å². The summed E-state index contributed by atoms with van der Waals surface area (Å²) in [5.74, 6) is 1.44.